The Morgan fingerprint density at radius 1 is 0.963 bits per heavy atom. The fraction of sp³-hybridized carbons (Fsp3) is 0.381. The van der Waals surface area contributed by atoms with Crippen molar-refractivity contribution in [3.63, 3.8) is 0 Å². The minimum absolute atomic E-state index is 0.160. The molecule has 1 heterocycles. The molecule has 2 N–H and O–H groups in total. The smallest absolute Gasteiger partial charge is 0.238 e. The molecular formula is C21H24N2O2S2. The summed E-state index contributed by atoms with van der Waals surface area (Å²) in [5.41, 5.74) is 5.33. The molecule has 6 heteroatoms. The molecular weight excluding hydrogens is 376 g/mol. The number of rotatable bonds is 4. The van der Waals surface area contributed by atoms with Crippen LogP contribution in [0.2, 0.25) is 0 Å². The Bertz CT molecular complexity index is 972. The van der Waals surface area contributed by atoms with Crippen LogP contribution in [0.3, 0.4) is 0 Å². The van der Waals surface area contributed by atoms with E-state index in [9.17, 15) is 8.42 Å². The fourth-order valence-electron chi connectivity index (χ4n) is 4.58. The Kier molecular flexibility index (Phi) is 4.91. The summed E-state index contributed by atoms with van der Waals surface area (Å²) < 4.78 is 23.1. The number of thioether (sulfide) groups is 1. The second kappa shape index (κ2) is 7.08. The maximum absolute atomic E-state index is 11.6. The van der Waals surface area contributed by atoms with Crippen molar-refractivity contribution in [1.29, 1.82) is 0 Å². The van der Waals surface area contributed by atoms with E-state index in [0.29, 0.717) is 5.41 Å². The van der Waals surface area contributed by atoms with Crippen LogP contribution in [0.4, 0.5) is 0 Å². The van der Waals surface area contributed by atoms with Crippen LogP contribution in [0, 0.1) is 5.41 Å². The lowest BCUT2D eigenvalue weighted by Crippen LogP contribution is -2.12. The Morgan fingerprint density at radius 3 is 2.07 bits per heavy atom. The zero-order chi connectivity index (χ0) is 19.1. The van der Waals surface area contributed by atoms with Gasteiger partial charge in [0.2, 0.25) is 10.0 Å². The van der Waals surface area contributed by atoms with Gasteiger partial charge in [-0.2, -0.15) is 0 Å². The van der Waals surface area contributed by atoms with Crippen LogP contribution in [0.1, 0.15) is 49.7 Å². The molecule has 1 saturated carbocycles. The van der Waals surface area contributed by atoms with Crippen LogP contribution in [-0.4, -0.2) is 19.7 Å². The van der Waals surface area contributed by atoms with E-state index in [1.807, 2.05) is 24.6 Å². The maximum atomic E-state index is 11.6. The molecule has 2 aliphatic carbocycles. The summed E-state index contributed by atoms with van der Waals surface area (Å²) in [7, 11) is -3.67. The zero-order valence-corrected chi connectivity index (χ0v) is 17.1. The molecule has 4 nitrogen and oxygen atoms in total. The molecule has 0 atom stereocenters. The van der Waals surface area contributed by atoms with Crippen LogP contribution < -0.4 is 5.14 Å². The van der Waals surface area contributed by atoms with Crippen molar-refractivity contribution >= 4 is 32.9 Å². The average molecular weight is 401 g/mol. The molecule has 0 radical (unpaired) electrons. The van der Waals surface area contributed by atoms with Gasteiger partial charge < -0.3 is 0 Å². The van der Waals surface area contributed by atoms with E-state index in [1.165, 1.54) is 42.4 Å². The number of nitrogens with zero attached hydrogens (tertiary/aromatic N) is 1. The SMILES string of the molecule is CSc1ccc(C2=C(c3ccc(S(N)(=O)=O)cc3)CC3(CCCC3)C2)cn1. The molecule has 0 saturated heterocycles. The van der Waals surface area contributed by atoms with E-state index < -0.39 is 10.0 Å². The van der Waals surface area contributed by atoms with Crippen molar-refractivity contribution in [1.82, 2.24) is 4.98 Å². The van der Waals surface area contributed by atoms with Gasteiger partial charge in [0.1, 0.15) is 0 Å². The van der Waals surface area contributed by atoms with E-state index >= 15 is 0 Å². The Morgan fingerprint density at radius 2 is 1.56 bits per heavy atom. The third-order valence-corrected chi connectivity index (χ3v) is 7.55. The third-order valence-electron chi connectivity index (χ3n) is 5.96. The lowest BCUT2D eigenvalue weighted by Gasteiger charge is -2.23. The lowest BCUT2D eigenvalue weighted by molar-refractivity contribution is 0.330. The highest BCUT2D eigenvalue weighted by atomic mass is 32.2. The van der Waals surface area contributed by atoms with E-state index in [1.54, 1.807) is 23.9 Å². The average Bonchev–Trinajstić information content (AvgIpc) is 3.28. The van der Waals surface area contributed by atoms with Crippen molar-refractivity contribution in [3.8, 4) is 0 Å². The van der Waals surface area contributed by atoms with Gasteiger partial charge in [-0.1, -0.05) is 31.0 Å². The number of allylic oxidation sites excluding steroid dienone is 2. The molecule has 0 unspecified atom stereocenters. The number of benzene rings is 1. The molecule has 0 aliphatic heterocycles. The molecule has 0 amide bonds. The lowest BCUT2D eigenvalue weighted by atomic mass is 9.81. The van der Waals surface area contributed by atoms with E-state index in [4.69, 9.17) is 5.14 Å². The fourth-order valence-corrected chi connectivity index (χ4v) is 5.46. The third kappa shape index (κ3) is 3.71. The number of sulfonamides is 1. The second-order valence-corrected chi connectivity index (χ2v) is 10.1. The van der Waals surface area contributed by atoms with Gasteiger partial charge in [0.05, 0.1) is 9.92 Å². The molecule has 142 valence electrons. The highest BCUT2D eigenvalue weighted by Gasteiger charge is 2.41. The summed E-state index contributed by atoms with van der Waals surface area (Å²) in [5.74, 6) is 0. The van der Waals surface area contributed by atoms with Gasteiger partial charge in [0.25, 0.3) is 0 Å². The second-order valence-electron chi connectivity index (χ2n) is 7.68. The molecule has 2 aromatic rings. The molecule has 1 fully saturated rings. The summed E-state index contributed by atoms with van der Waals surface area (Å²) in [6.07, 6.45) is 11.3. The van der Waals surface area contributed by atoms with Crippen LogP contribution >= 0.6 is 11.8 Å². The van der Waals surface area contributed by atoms with Crippen LogP contribution in [-0.2, 0) is 10.0 Å². The molecule has 1 aromatic heterocycles. The minimum atomic E-state index is -3.67. The van der Waals surface area contributed by atoms with Gasteiger partial charge in [0, 0.05) is 6.20 Å². The van der Waals surface area contributed by atoms with Gasteiger partial charge in [0.15, 0.2) is 0 Å². The summed E-state index contributed by atoms with van der Waals surface area (Å²) in [4.78, 5) is 4.72. The summed E-state index contributed by atoms with van der Waals surface area (Å²) >= 11 is 1.64. The summed E-state index contributed by atoms with van der Waals surface area (Å²) in [5, 5.41) is 6.27. The van der Waals surface area contributed by atoms with Gasteiger partial charge >= 0.3 is 0 Å². The van der Waals surface area contributed by atoms with Gasteiger partial charge in [-0.05, 0) is 77.8 Å². The van der Waals surface area contributed by atoms with Gasteiger partial charge in [-0.15, -0.1) is 11.8 Å². The molecule has 27 heavy (non-hydrogen) atoms. The first-order valence-electron chi connectivity index (χ1n) is 9.26. The predicted octanol–water partition coefficient (Wildman–Crippen LogP) is 4.72. The monoisotopic (exact) mass is 400 g/mol. The van der Waals surface area contributed by atoms with Gasteiger partial charge in [-0.25, -0.2) is 18.5 Å². The molecule has 1 spiro atoms. The van der Waals surface area contributed by atoms with E-state index in [2.05, 4.69) is 17.1 Å². The molecule has 4 rings (SSSR count). The highest BCUT2D eigenvalue weighted by Crippen LogP contribution is 2.57. The Hall–Kier alpha value is -1.63. The highest BCUT2D eigenvalue weighted by molar-refractivity contribution is 7.98. The summed E-state index contributed by atoms with van der Waals surface area (Å²) in [6, 6.07) is 11.3. The van der Waals surface area contributed by atoms with Crippen molar-refractivity contribution < 1.29 is 8.42 Å². The molecule has 0 bridgehead atoms. The Balaban J connectivity index is 1.76. The van der Waals surface area contributed by atoms with Crippen molar-refractivity contribution in [2.45, 2.75) is 48.4 Å². The quantitative estimate of drug-likeness (QED) is 0.754. The number of primary sulfonamides is 1. The summed E-state index contributed by atoms with van der Waals surface area (Å²) in [6.45, 7) is 0. The molecule has 1 aromatic carbocycles. The number of pyridine rings is 1. The first-order chi connectivity index (χ1) is 12.9. The van der Waals surface area contributed by atoms with Crippen LogP contribution in [0.25, 0.3) is 11.1 Å². The first kappa shape index (κ1) is 18.7. The van der Waals surface area contributed by atoms with E-state index in [0.717, 1.165) is 23.4 Å². The number of hydrogen-bond acceptors (Lipinski definition) is 4. The molecule has 2 aliphatic rings. The first-order valence-corrected chi connectivity index (χ1v) is 12.0. The van der Waals surface area contributed by atoms with Crippen LogP contribution in [0.15, 0.2) is 52.5 Å². The minimum Gasteiger partial charge on any atom is -0.249 e. The van der Waals surface area contributed by atoms with Crippen LogP contribution in [0.5, 0.6) is 0 Å². The number of aromatic nitrogens is 1. The van der Waals surface area contributed by atoms with E-state index in [-0.39, 0.29) is 4.90 Å². The normalized spacial score (nSPS) is 19.2. The topological polar surface area (TPSA) is 73.1 Å². The number of nitrogens with two attached hydrogens (primary N) is 1. The maximum Gasteiger partial charge on any atom is 0.238 e. The van der Waals surface area contributed by atoms with Crippen molar-refractivity contribution in [3.05, 3.63) is 53.7 Å². The van der Waals surface area contributed by atoms with Crippen molar-refractivity contribution in [2.24, 2.45) is 10.6 Å². The largest absolute Gasteiger partial charge is 0.249 e. The standard InChI is InChI=1S/C21H24N2O2S2/c1-26-20-9-6-16(14-23-20)19-13-21(10-2-3-11-21)12-18(19)15-4-7-17(8-5-15)27(22,24)25/h4-9,14H,2-3,10-13H2,1H3,(H2,22,24,25). The van der Waals surface area contributed by atoms with Crippen molar-refractivity contribution in [2.75, 3.05) is 6.26 Å². The Labute approximate surface area is 165 Å². The predicted molar refractivity (Wildman–Crippen MR) is 111 cm³/mol. The van der Waals surface area contributed by atoms with Gasteiger partial charge in [-0.3, -0.25) is 0 Å². The number of hydrogen-bond donors (Lipinski definition) is 1. The zero-order valence-electron chi connectivity index (χ0n) is 15.4.